The summed E-state index contributed by atoms with van der Waals surface area (Å²) in [6.45, 7) is 2.47. The van der Waals surface area contributed by atoms with Gasteiger partial charge in [-0.05, 0) is 55.0 Å². The highest BCUT2D eigenvalue weighted by molar-refractivity contribution is 7.99. The van der Waals surface area contributed by atoms with Crippen LogP contribution >= 0.6 is 24.0 Å². The molecule has 10 heteroatoms. The molecule has 156 valence electrons. The zero-order valence-corrected chi connectivity index (χ0v) is 18.1. The average Bonchev–Trinajstić information content (AvgIpc) is 3.13. The van der Waals surface area contributed by atoms with E-state index < -0.39 is 0 Å². The number of nitrogens with one attached hydrogen (secondary N) is 2. The number of anilines is 2. The van der Waals surface area contributed by atoms with Gasteiger partial charge in [-0.1, -0.05) is 12.8 Å². The highest BCUT2D eigenvalue weighted by Crippen LogP contribution is 2.28. The van der Waals surface area contributed by atoms with Gasteiger partial charge in [0.1, 0.15) is 16.6 Å². The zero-order chi connectivity index (χ0) is 20.6. The molecule has 0 radical (unpaired) electrons. The van der Waals surface area contributed by atoms with Crippen molar-refractivity contribution in [3.63, 3.8) is 0 Å². The maximum absolute atomic E-state index is 5.41. The van der Waals surface area contributed by atoms with E-state index >= 15 is 0 Å². The number of nitrogens with zero attached hydrogens (tertiary/aromatic N) is 5. The van der Waals surface area contributed by atoms with E-state index in [1.165, 1.54) is 37.4 Å². The third kappa shape index (κ3) is 5.90. The van der Waals surface area contributed by atoms with Crippen LogP contribution in [0.3, 0.4) is 0 Å². The first-order valence-electron chi connectivity index (χ1n) is 9.92. The Hall–Kier alpha value is -2.72. The van der Waals surface area contributed by atoms with Gasteiger partial charge in [0.05, 0.1) is 12.8 Å². The van der Waals surface area contributed by atoms with Crippen LogP contribution in [0.1, 0.15) is 31.4 Å². The molecule has 2 N–H and O–H groups in total. The Bertz CT molecular complexity index is 945. The van der Waals surface area contributed by atoms with Crippen LogP contribution in [0.15, 0.2) is 57.5 Å². The third-order valence-corrected chi connectivity index (χ3v) is 5.64. The quantitative estimate of drug-likeness (QED) is 0.333. The molecule has 3 aromatic heterocycles. The van der Waals surface area contributed by atoms with Crippen molar-refractivity contribution in [2.24, 2.45) is 0 Å². The van der Waals surface area contributed by atoms with Gasteiger partial charge in [-0.3, -0.25) is 0 Å². The SMILES string of the molecule is S=C(NCc1ccco1)Nc1nc(Sc2ncccn2)cc(N2CCCCCC2)n1. The second-order valence-electron chi connectivity index (χ2n) is 6.81. The molecule has 0 saturated carbocycles. The van der Waals surface area contributed by atoms with E-state index in [1.807, 2.05) is 18.2 Å². The lowest BCUT2D eigenvalue weighted by Gasteiger charge is -2.22. The fourth-order valence-electron chi connectivity index (χ4n) is 3.14. The van der Waals surface area contributed by atoms with Crippen LogP contribution in [0.4, 0.5) is 11.8 Å². The molecule has 1 saturated heterocycles. The number of rotatable bonds is 6. The lowest BCUT2D eigenvalue weighted by molar-refractivity contribution is 0.503. The van der Waals surface area contributed by atoms with Crippen LogP contribution in [-0.4, -0.2) is 38.1 Å². The van der Waals surface area contributed by atoms with Crippen LogP contribution in [0.2, 0.25) is 0 Å². The fourth-order valence-corrected chi connectivity index (χ4v) is 4.01. The normalized spacial score (nSPS) is 14.2. The summed E-state index contributed by atoms with van der Waals surface area (Å²) in [6.07, 6.45) is 9.93. The van der Waals surface area contributed by atoms with Gasteiger partial charge in [-0.2, -0.15) is 4.98 Å². The molecule has 1 aliphatic heterocycles. The van der Waals surface area contributed by atoms with E-state index in [9.17, 15) is 0 Å². The van der Waals surface area contributed by atoms with Crippen LogP contribution in [-0.2, 0) is 6.54 Å². The third-order valence-electron chi connectivity index (χ3n) is 4.59. The van der Waals surface area contributed by atoms with Crippen molar-refractivity contribution in [2.45, 2.75) is 42.4 Å². The van der Waals surface area contributed by atoms with E-state index in [2.05, 4.69) is 30.5 Å². The van der Waals surface area contributed by atoms with Crippen molar-refractivity contribution < 1.29 is 4.42 Å². The lowest BCUT2D eigenvalue weighted by Crippen LogP contribution is -2.30. The maximum Gasteiger partial charge on any atom is 0.232 e. The van der Waals surface area contributed by atoms with E-state index in [4.69, 9.17) is 21.6 Å². The predicted octanol–water partition coefficient (Wildman–Crippen LogP) is 3.88. The van der Waals surface area contributed by atoms with Crippen LogP contribution < -0.4 is 15.5 Å². The van der Waals surface area contributed by atoms with Gasteiger partial charge < -0.3 is 20.0 Å². The second-order valence-corrected chi connectivity index (χ2v) is 8.21. The zero-order valence-electron chi connectivity index (χ0n) is 16.5. The Morgan fingerprint density at radius 2 is 1.90 bits per heavy atom. The van der Waals surface area contributed by atoms with Gasteiger partial charge in [0, 0.05) is 31.5 Å². The fraction of sp³-hybridized carbons (Fsp3) is 0.350. The van der Waals surface area contributed by atoms with Crippen LogP contribution in [0, 0.1) is 0 Å². The molecule has 0 aliphatic carbocycles. The Morgan fingerprint density at radius 1 is 1.10 bits per heavy atom. The van der Waals surface area contributed by atoms with Gasteiger partial charge in [0.2, 0.25) is 5.95 Å². The first kappa shape index (κ1) is 20.5. The Labute approximate surface area is 184 Å². The van der Waals surface area contributed by atoms with Crippen molar-refractivity contribution in [3.05, 3.63) is 48.7 Å². The Kier molecular flexibility index (Phi) is 7.09. The first-order valence-corrected chi connectivity index (χ1v) is 11.1. The molecular formula is C20H23N7OS2. The summed E-state index contributed by atoms with van der Waals surface area (Å²) < 4.78 is 5.32. The predicted molar refractivity (Wildman–Crippen MR) is 121 cm³/mol. The van der Waals surface area contributed by atoms with Crippen LogP contribution in [0.25, 0.3) is 0 Å². The van der Waals surface area contributed by atoms with E-state index in [0.717, 1.165) is 29.7 Å². The number of hydrogen-bond donors (Lipinski definition) is 2. The van der Waals surface area contributed by atoms with Crippen molar-refractivity contribution in [2.75, 3.05) is 23.3 Å². The molecule has 30 heavy (non-hydrogen) atoms. The smallest absolute Gasteiger partial charge is 0.232 e. The summed E-state index contributed by atoms with van der Waals surface area (Å²) >= 11 is 6.82. The molecule has 4 rings (SSSR count). The van der Waals surface area contributed by atoms with Crippen molar-refractivity contribution in [1.82, 2.24) is 25.3 Å². The largest absolute Gasteiger partial charge is 0.467 e. The molecule has 0 unspecified atom stereocenters. The molecule has 0 spiro atoms. The molecular weight excluding hydrogens is 418 g/mol. The van der Waals surface area contributed by atoms with Crippen LogP contribution in [0.5, 0.6) is 0 Å². The van der Waals surface area contributed by atoms with Gasteiger partial charge in [-0.15, -0.1) is 0 Å². The first-order chi connectivity index (χ1) is 14.8. The topological polar surface area (TPSA) is 92.0 Å². The maximum atomic E-state index is 5.41. The van der Waals surface area contributed by atoms with Crippen molar-refractivity contribution >= 4 is 40.9 Å². The minimum atomic E-state index is 0.436. The monoisotopic (exact) mass is 441 g/mol. The summed E-state index contributed by atoms with van der Waals surface area (Å²) in [7, 11) is 0. The molecule has 0 aromatic carbocycles. The standard InChI is InChI=1S/C20H23N7OS2/c29-19(23-14-15-7-5-12-28-15)26-18-24-16(27-10-3-1-2-4-11-27)13-17(25-18)30-20-21-8-6-9-22-20/h5-9,12-13H,1-4,10-11,14H2,(H2,23,24,25,26,29). The van der Waals surface area contributed by atoms with Gasteiger partial charge in [0.25, 0.3) is 0 Å². The average molecular weight is 442 g/mol. The van der Waals surface area contributed by atoms with Gasteiger partial charge >= 0.3 is 0 Å². The number of thiocarbonyl (C=S) groups is 1. The summed E-state index contributed by atoms with van der Waals surface area (Å²) in [5.74, 6) is 2.14. The van der Waals surface area contributed by atoms with E-state index in [1.54, 1.807) is 24.7 Å². The number of aromatic nitrogens is 4. The van der Waals surface area contributed by atoms with Crippen molar-refractivity contribution in [3.8, 4) is 0 Å². The van der Waals surface area contributed by atoms with Gasteiger partial charge in [-0.25, -0.2) is 15.0 Å². The molecule has 0 bridgehead atoms. The highest BCUT2D eigenvalue weighted by atomic mass is 32.2. The highest BCUT2D eigenvalue weighted by Gasteiger charge is 2.16. The van der Waals surface area contributed by atoms with E-state index in [-0.39, 0.29) is 0 Å². The van der Waals surface area contributed by atoms with Crippen molar-refractivity contribution in [1.29, 1.82) is 0 Å². The number of furan rings is 1. The summed E-state index contributed by atoms with van der Waals surface area (Å²) in [5.41, 5.74) is 0. The minimum absolute atomic E-state index is 0.436. The Morgan fingerprint density at radius 3 is 2.63 bits per heavy atom. The minimum Gasteiger partial charge on any atom is -0.467 e. The molecule has 0 atom stereocenters. The lowest BCUT2D eigenvalue weighted by atomic mass is 10.2. The summed E-state index contributed by atoms with van der Waals surface area (Å²) in [6, 6.07) is 7.52. The summed E-state index contributed by atoms with van der Waals surface area (Å²) in [4.78, 5) is 20.2. The second kappa shape index (κ2) is 10.4. The molecule has 1 aliphatic rings. The van der Waals surface area contributed by atoms with E-state index in [0.29, 0.717) is 22.8 Å². The molecule has 1 fully saturated rings. The summed E-state index contributed by atoms with van der Waals surface area (Å²) in [5, 5.41) is 8.06. The molecule has 8 nitrogen and oxygen atoms in total. The molecule has 0 amide bonds. The molecule has 3 aromatic rings. The van der Waals surface area contributed by atoms with Gasteiger partial charge in [0.15, 0.2) is 10.3 Å². The Balaban J connectivity index is 1.52. The number of hydrogen-bond acceptors (Lipinski definition) is 8. The molecule has 4 heterocycles.